The molecule has 0 unspecified atom stereocenters. The second-order valence-corrected chi connectivity index (χ2v) is 9.00. The van der Waals surface area contributed by atoms with Gasteiger partial charge in [-0.1, -0.05) is 35.3 Å². The van der Waals surface area contributed by atoms with Crippen molar-refractivity contribution < 1.29 is 17.9 Å². The molecule has 0 saturated carbocycles. The fraction of sp³-hybridized carbons (Fsp3) is 0.0952. The monoisotopic (exact) mass is 462 g/mol. The summed E-state index contributed by atoms with van der Waals surface area (Å²) in [6, 6.07) is 15.9. The Morgan fingerprint density at radius 2 is 1.77 bits per heavy atom. The van der Waals surface area contributed by atoms with Crippen LogP contribution in [0.15, 0.2) is 65.6 Å². The van der Waals surface area contributed by atoms with Gasteiger partial charge >= 0.3 is 0 Å². The maximum atomic E-state index is 13.1. The Kier molecular flexibility index (Phi) is 5.36. The molecule has 0 radical (unpaired) electrons. The minimum absolute atomic E-state index is 0.0358. The molecule has 1 amide bonds. The van der Waals surface area contributed by atoms with Gasteiger partial charge in [0, 0.05) is 17.3 Å². The highest BCUT2D eigenvalue weighted by Gasteiger charge is 2.28. The topological polar surface area (TPSA) is 75.7 Å². The molecule has 3 aromatic rings. The molecule has 30 heavy (non-hydrogen) atoms. The first kappa shape index (κ1) is 20.5. The fourth-order valence-corrected chi connectivity index (χ4v) is 5.01. The summed E-state index contributed by atoms with van der Waals surface area (Å²) in [5.41, 5.74) is 1.09. The van der Waals surface area contributed by atoms with Gasteiger partial charge in [0.05, 0.1) is 16.3 Å². The van der Waals surface area contributed by atoms with Gasteiger partial charge in [0.15, 0.2) is 5.75 Å². The number of rotatable bonds is 4. The van der Waals surface area contributed by atoms with Crippen molar-refractivity contribution in [3.05, 3.63) is 76.3 Å². The Balaban J connectivity index is 1.74. The normalized spacial score (nSPS) is 13.2. The van der Waals surface area contributed by atoms with Gasteiger partial charge < -0.3 is 9.64 Å². The first-order chi connectivity index (χ1) is 14.3. The lowest BCUT2D eigenvalue weighted by molar-refractivity contribution is 0.0988. The Morgan fingerprint density at radius 1 is 1.00 bits per heavy atom. The standard InChI is InChI=1S/C21H16Cl2N2O4S/c1-2-25-17-5-3-4-6-19(17)29-18-10-8-14(12-15(18)21(25)26)24-30(27,28)20-11-13(22)7-9-16(20)23/h3-12,24H,2H2,1H3. The summed E-state index contributed by atoms with van der Waals surface area (Å²) >= 11 is 12.0. The van der Waals surface area contributed by atoms with Crippen molar-refractivity contribution in [2.75, 3.05) is 16.2 Å². The molecule has 1 N–H and O–H groups in total. The Labute approximate surface area is 184 Å². The van der Waals surface area contributed by atoms with E-state index in [4.69, 9.17) is 27.9 Å². The van der Waals surface area contributed by atoms with E-state index in [0.29, 0.717) is 23.7 Å². The van der Waals surface area contributed by atoms with Crippen LogP contribution in [0.4, 0.5) is 11.4 Å². The third-order valence-electron chi connectivity index (χ3n) is 4.58. The Bertz CT molecular complexity index is 1260. The second-order valence-electron chi connectivity index (χ2n) is 6.51. The van der Waals surface area contributed by atoms with Crippen LogP contribution in [0, 0.1) is 0 Å². The van der Waals surface area contributed by atoms with E-state index in [1.807, 2.05) is 19.1 Å². The number of hydrogen-bond donors (Lipinski definition) is 1. The van der Waals surface area contributed by atoms with Gasteiger partial charge in [0.1, 0.15) is 10.6 Å². The van der Waals surface area contributed by atoms with Gasteiger partial charge in [-0.15, -0.1) is 0 Å². The highest BCUT2D eigenvalue weighted by molar-refractivity contribution is 7.92. The summed E-state index contributed by atoms with van der Waals surface area (Å²) in [6.45, 7) is 2.28. The second kappa shape index (κ2) is 7.83. The van der Waals surface area contributed by atoms with E-state index >= 15 is 0 Å². The molecule has 0 aliphatic carbocycles. The number of carbonyl (C=O) groups is 1. The molecule has 4 rings (SSSR count). The molecule has 0 spiro atoms. The van der Waals surface area contributed by atoms with Gasteiger partial charge in [-0.25, -0.2) is 8.42 Å². The van der Waals surface area contributed by atoms with Crippen LogP contribution in [0.25, 0.3) is 0 Å². The molecular weight excluding hydrogens is 447 g/mol. The molecule has 1 heterocycles. The van der Waals surface area contributed by atoms with Crippen molar-refractivity contribution in [1.29, 1.82) is 0 Å². The minimum Gasteiger partial charge on any atom is -0.454 e. The van der Waals surface area contributed by atoms with E-state index in [1.54, 1.807) is 23.1 Å². The van der Waals surface area contributed by atoms with Crippen LogP contribution >= 0.6 is 23.2 Å². The van der Waals surface area contributed by atoms with E-state index in [2.05, 4.69) is 4.72 Å². The zero-order valence-corrected chi connectivity index (χ0v) is 18.1. The number of fused-ring (bicyclic) bond motifs is 2. The van der Waals surface area contributed by atoms with Gasteiger partial charge in [0.2, 0.25) is 0 Å². The summed E-state index contributed by atoms with van der Waals surface area (Å²) < 4.78 is 34.0. The van der Waals surface area contributed by atoms with Crippen molar-refractivity contribution in [3.63, 3.8) is 0 Å². The zero-order chi connectivity index (χ0) is 21.5. The first-order valence-corrected chi connectivity index (χ1v) is 11.2. The van der Waals surface area contributed by atoms with E-state index in [1.165, 1.54) is 30.3 Å². The maximum Gasteiger partial charge on any atom is 0.263 e. The lowest BCUT2D eigenvalue weighted by Gasteiger charge is -2.20. The van der Waals surface area contributed by atoms with Crippen LogP contribution in [0.3, 0.4) is 0 Å². The number of sulfonamides is 1. The number of nitrogens with zero attached hydrogens (tertiary/aromatic N) is 1. The number of hydrogen-bond acceptors (Lipinski definition) is 4. The van der Waals surface area contributed by atoms with Gasteiger partial charge in [-0.2, -0.15) is 0 Å². The summed E-state index contributed by atoms with van der Waals surface area (Å²) in [5, 5.41) is 0.273. The molecule has 0 fully saturated rings. The van der Waals surface area contributed by atoms with Crippen LogP contribution in [0.5, 0.6) is 11.5 Å². The van der Waals surface area contributed by atoms with Crippen molar-refractivity contribution in [1.82, 2.24) is 0 Å². The third-order valence-corrected chi connectivity index (χ3v) is 6.68. The number of benzene rings is 3. The molecule has 0 atom stereocenters. The van der Waals surface area contributed by atoms with Crippen LogP contribution in [-0.4, -0.2) is 20.9 Å². The predicted molar refractivity (Wildman–Crippen MR) is 118 cm³/mol. The Hall–Kier alpha value is -2.74. The average molecular weight is 463 g/mol. The summed E-state index contributed by atoms with van der Waals surface area (Å²) in [7, 11) is -4.02. The number of amides is 1. The summed E-state index contributed by atoms with van der Waals surface area (Å²) in [5.74, 6) is 0.594. The molecule has 6 nitrogen and oxygen atoms in total. The number of para-hydroxylation sites is 2. The number of carbonyl (C=O) groups excluding carboxylic acids is 1. The van der Waals surface area contributed by atoms with Crippen LogP contribution in [0.2, 0.25) is 10.0 Å². The van der Waals surface area contributed by atoms with Gasteiger partial charge in [0.25, 0.3) is 15.9 Å². The zero-order valence-electron chi connectivity index (χ0n) is 15.7. The van der Waals surface area contributed by atoms with Crippen molar-refractivity contribution in [2.45, 2.75) is 11.8 Å². The van der Waals surface area contributed by atoms with E-state index in [-0.39, 0.29) is 32.1 Å². The quantitative estimate of drug-likeness (QED) is 0.549. The highest BCUT2D eigenvalue weighted by atomic mass is 35.5. The summed E-state index contributed by atoms with van der Waals surface area (Å²) in [4.78, 5) is 14.6. The van der Waals surface area contributed by atoms with E-state index < -0.39 is 10.0 Å². The molecule has 1 aliphatic heterocycles. The van der Waals surface area contributed by atoms with Crippen molar-refractivity contribution in [2.24, 2.45) is 0 Å². The lowest BCUT2D eigenvalue weighted by Crippen LogP contribution is -2.29. The van der Waals surface area contributed by atoms with Crippen molar-refractivity contribution in [3.8, 4) is 11.5 Å². The molecular formula is C21H16Cl2N2O4S. The molecule has 154 valence electrons. The molecule has 3 aromatic carbocycles. The molecule has 0 saturated heterocycles. The number of ether oxygens (including phenoxy) is 1. The maximum absolute atomic E-state index is 13.1. The van der Waals surface area contributed by atoms with E-state index in [9.17, 15) is 13.2 Å². The number of anilines is 2. The number of halogens is 2. The summed E-state index contributed by atoms with van der Waals surface area (Å²) in [6.07, 6.45) is 0. The van der Waals surface area contributed by atoms with Crippen molar-refractivity contribution >= 4 is 50.5 Å². The van der Waals surface area contributed by atoms with Crippen LogP contribution in [-0.2, 0) is 10.0 Å². The van der Waals surface area contributed by atoms with E-state index in [0.717, 1.165) is 0 Å². The van der Waals surface area contributed by atoms with Crippen LogP contribution < -0.4 is 14.4 Å². The van der Waals surface area contributed by atoms with Gasteiger partial charge in [-0.05, 0) is 55.5 Å². The molecule has 0 aromatic heterocycles. The third kappa shape index (κ3) is 3.71. The molecule has 1 aliphatic rings. The fourth-order valence-electron chi connectivity index (χ4n) is 3.20. The molecule has 0 bridgehead atoms. The minimum atomic E-state index is -4.02. The highest BCUT2D eigenvalue weighted by Crippen LogP contribution is 2.39. The SMILES string of the molecule is CCN1C(=O)c2cc(NS(=O)(=O)c3cc(Cl)ccc3Cl)ccc2Oc2ccccc21. The lowest BCUT2D eigenvalue weighted by atomic mass is 10.1. The van der Waals surface area contributed by atoms with Gasteiger partial charge in [-0.3, -0.25) is 9.52 Å². The Morgan fingerprint density at radius 3 is 2.53 bits per heavy atom. The van der Waals surface area contributed by atoms with Crippen LogP contribution in [0.1, 0.15) is 17.3 Å². The molecule has 9 heteroatoms. The largest absolute Gasteiger partial charge is 0.454 e. The smallest absolute Gasteiger partial charge is 0.263 e. The first-order valence-electron chi connectivity index (χ1n) is 9.01. The number of nitrogens with one attached hydrogen (secondary N) is 1. The predicted octanol–water partition coefficient (Wildman–Crippen LogP) is 5.57. The average Bonchev–Trinajstić information content (AvgIpc) is 2.83.